The maximum absolute atomic E-state index is 12.6. The van der Waals surface area contributed by atoms with Crippen LogP contribution in [0.3, 0.4) is 0 Å². The van der Waals surface area contributed by atoms with Gasteiger partial charge in [0.1, 0.15) is 5.75 Å². The molecule has 0 spiro atoms. The molecular weight excluding hydrogens is 485 g/mol. The van der Waals surface area contributed by atoms with Gasteiger partial charge in [-0.2, -0.15) is 0 Å². The van der Waals surface area contributed by atoms with Crippen LogP contribution in [0.4, 0.5) is 5.69 Å². The van der Waals surface area contributed by atoms with Crippen LogP contribution in [0, 0.1) is 0 Å². The van der Waals surface area contributed by atoms with Crippen molar-refractivity contribution in [3.63, 3.8) is 0 Å². The molecule has 0 saturated heterocycles. The third-order valence-corrected chi connectivity index (χ3v) is 6.22. The van der Waals surface area contributed by atoms with E-state index in [4.69, 9.17) is 27.9 Å². The zero-order chi connectivity index (χ0) is 24.0. The molecule has 0 radical (unpaired) electrons. The van der Waals surface area contributed by atoms with Gasteiger partial charge in [-0.1, -0.05) is 35.0 Å². The number of thioether (sulfide) groups is 1. The summed E-state index contributed by atoms with van der Waals surface area (Å²) >= 11 is 13.3. The van der Waals surface area contributed by atoms with Crippen molar-refractivity contribution in [2.75, 3.05) is 18.2 Å². The van der Waals surface area contributed by atoms with E-state index in [0.29, 0.717) is 44.6 Å². The number of methoxy groups -OCH3 is 1. The number of nitrogens with zero attached hydrogens (tertiary/aromatic N) is 3. The predicted molar refractivity (Wildman–Crippen MR) is 130 cm³/mol. The number of carbonyl (C=O) groups excluding carboxylic acids is 2. The van der Waals surface area contributed by atoms with Crippen LogP contribution in [0.5, 0.6) is 5.75 Å². The minimum Gasteiger partial charge on any atom is -0.497 e. The second-order valence-electron chi connectivity index (χ2n) is 6.97. The average molecular weight is 508 g/mol. The van der Waals surface area contributed by atoms with E-state index < -0.39 is 0 Å². The Hall–Kier alpha value is -2.75. The number of aromatic nitrogens is 3. The molecule has 0 aliphatic rings. The average Bonchev–Trinajstić information content (AvgIpc) is 3.23. The molecule has 174 valence electrons. The van der Waals surface area contributed by atoms with Gasteiger partial charge in [-0.3, -0.25) is 9.59 Å². The lowest BCUT2D eigenvalue weighted by atomic mass is 10.2. The van der Waals surface area contributed by atoms with Gasteiger partial charge in [0.05, 0.1) is 29.6 Å². The maximum Gasteiger partial charge on any atom is 0.251 e. The van der Waals surface area contributed by atoms with Gasteiger partial charge in [0.15, 0.2) is 11.0 Å². The van der Waals surface area contributed by atoms with Crippen molar-refractivity contribution >= 4 is 52.5 Å². The summed E-state index contributed by atoms with van der Waals surface area (Å²) in [5, 5.41) is 15.6. The first-order valence-electron chi connectivity index (χ1n) is 10.1. The van der Waals surface area contributed by atoms with Crippen LogP contribution >= 0.6 is 35.0 Å². The molecule has 0 aliphatic heterocycles. The Morgan fingerprint density at radius 1 is 1.15 bits per heavy atom. The fraction of sp³-hybridized carbons (Fsp3) is 0.273. The molecule has 3 aromatic rings. The lowest BCUT2D eigenvalue weighted by molar-refractivity contribution is -0.113. The number of amides is 2. The Bertz CT molecular complexity index is 1140. The summed E-state index contributed by atoms with van der Waals surface area (Å²) in [5.74, 6) is 0.891. The molecule has 2 aromatic carbocycles. The van der Waals surface area contributed by atoms with Crippen LogP contribution in [0.25, 0.3) is 0 Å². The molecule has 8 nitrogen and oxygen atoms in total. The molecule has 1 heterocycles. The molecule has 11 heteroatoms. The molecule has 0 saturated carbocycles. The minimum atomic E-state index is -0.388. The van der Waals surface area contributed by atoms with Crippen molar-refractivity contribution in [1.29, 1.82) is 0 Å². The first-order valence-corrected chi connectivity index (χ1v) is 11.8. The van der Waals surface area contributed by atoms with Gasteiger partial charge in [0, 0.05) is 17.1 Å². The molecule has 1 atom stereocenters. The number of hydrogen-bond donors (Lipinski definition) is 2. The van der Waals surface area contributed by atoms with Gasteiger partial charge in [-0.25, -0.2) is 0 Å². The highest BCUT2D eigenvalue weighted by molar-refractivity contribution is 7.99. The molecule has 2 N–H and O–H groups in total. The quantitative estimate of drug-likeness (QED) is 0.402. The number of carbonyl (C=O) groups is 2. The summed E-state index contributed by atoms with van der Waals surface area (Å²) in [6.07, 6.45) is 0. The molecule has 1 unspecified atom stereocenters. The van der Waals surface area contributed by atoms with Crippen molar-refractivity contribution in [3.8, 4) is 5.75 Å². The largest absolute Gasteiger partial charge is 0.497 e. The van der Waals surface area contributed by atoms with E-state index in [2.05, 4.69) is 20.8 Å². The fourth-order valence-corrected chi connectivity index (χ4v) is 4.17. The van der Waals surface area contributed by atoms with E-state index in [0.717, 1.165) is 0 Å². The number of halogens is 2. The van der Waals surface area contributed by atoms with Crippen LogP contribution in [-0.4, -0.2) is 39.4 Å². The number of hydrogen-bond acceptors (Lipinski definition) is 6. The minimum absolute atomic E-state index is 0.105. The van der Waals surface area contributed by atoms with Crippen molar-refractivity contribution in [3.05, 3.63) is 63.9 Å². The third-order valence-electron chi connectivity index (χ3n) is 4.68. The van der Waals surface area contributed by atoms with Crippen molar-refractivity contribution in [2.45, 2.75) is 31.6 Å². The standard InChI is InChI=1S/C22H23Cl2N5O3S/c1-4-29-20(13(2)25-21(31)14-5-8-16(32-3)9-6-14)27-28-22(29)33-12-19(30)26-18-11-15(23)7-10-17(18)24/h5-11,13H,4,12H2,1-3H3,(H,25,31)(H,26,30). The highest BCUT2D eigenvalue weighted by atomic mass is 35.5. The third kappa shape index (κ3) is 6.40. The van der Waals surface area contributed by atoms with Gasteiger partial charge in [-0.05, 0) is 56.3 Å². The molecule has 0 fully saturated rings. The number of nitrogens with one attached hydrogen (secondary N) is 2. The molecule has 1 aromatic heterocycles. The van der Waals surface area contributed by atoms with Crippen molar-refractivity contribution < 1.29 is 14.3 Å². The van der Waals surface area contributed by atoms with E-state index in [1.165, 1.54) is 11.8 Å². The van der Waals surface area contributed by atoms with Crippen molar-refractivity contribution in [2.24, 2.45) is 0 Å². The molecule has 0 aliphatic carbocycles. The van der Waals surface area contributed by atoms with Crippen LogP contribution < -0.4 is 15.4 Å². The Kier molecular flexibility index (Phi) is 8.60. The van der Waals surface area contributed by atoms with Crippen LogP contribution in [0.2, 0.25) is 10.0 Å². The highest BCUT2D eigenvalue weighted by Crippen LogP contribution is 2.26. The van der Waals surface area contributed by atoms with Crippen molar-refractivity contribution in [1.82, 2.24) is 20.1 Å². The fourth-order valence-electron chi connectivity index (χ4n) is 3.02. The van der Waals surface area contributed by atoms with Crippen LogP contribution in [0.15, 0.2) is 47.6 Å². The highest BCUT2D eigenvalue weighted by Gasteiger charge is 2.20. The summed E-state index contributed by atoms with van der Waals surface area (Å²) in [4.78, 5) is 25.0. The molecule has 2 amide bonds. The monoisotopic (exact) mass is 507 g/mol. The zero-order valence-corrected chi connectivity index (χ0v) is 20.6. The topological polar surface area (TPSA) is 98.1 Å². The number of rotatable bonds is 9. The first kappa shape index (κ1) is 24.9. The van der Waals surface area contributed by atoms with Gasteiger partial charge >= 0.3 is 0 Å². The number of anilines is 1. The number of ether oxygens (including phenoxy) is 1. The van der Waals surface area contributed by atoms with E-state index in [1.54, 1.807) is 49.6 Å². The van der Waals surface area contributed by atoms with E-state index in [-0.39, 0.29) is 23.6 Å². The van der Waals surface area contributed by atoms with Gasteiger partial charge < -0.3 is 19.9 Å². The van der Waals surface area contributed by atoms with Crippen LogP contribution in [0.1, 0.15) is 36.1 Å². The molecular formula is C22H23Cl2N5O3S. The summed E-state index contributed by atoms with van der Waals surface area (Å²) in [7, 11) is 1.57. The van der Waals surface area contributed by atoms with Crippen LogP contribution in [-0.2, 0) is 11.3 Å². The van der Waals surface area contributed by atoms with Gasteiger partial charge in [0.2, 0.25) is 5.91 Å². The second-order valence-corrected chi connectivity index (χ2v) is 8.76. The summed E-state index contributed by atoms with van der Waals surface area (Å²) in [6.45, 7) is 4.36. The second kappa shape index (κ2) is 11.4. The SMILES string of the molecule is CCn1c(SCC(=O)Nc2cc(Cl)ccc2Cl)nnc1C(C)NC(=O)c1ccc(OC)cc1. The summed E-state index contributed by atoms with van der Waals surface area (Å²) in [5.41, 5.74) is 0.957. The lowest BCUT2D eigenvalue weighted by Gasteiger charge is -2.15. The lowest BCUT2D eigenvalue weighted by Crippen LogP contribution is -2.28. The number of benzene rings is 2. The predicted octanol–water partition coefficient (Wildman–Crippen LogP) is 4.84. The Balaban J connectivity index is 1.63. The van der Waals surface area contributed by atoms with E-state index in [9.17, 15) is 9.59 Å². The first-order chi connectivity index (χ1) is 15.8. The van der Waals surface area contributed by atoms with Gasteiger partial charge in [0.25, 0.3) is 5.91 Å². The summed E-state index contributed by atoms with van der Waals surface area (Å²) < 4.78 is 6.98. The van der Waals surface area contributed by atoms with E-state index >= 15 is 0 Å². The Labute approximate surface area is 206 Å². The van der Waals surface area contributed by atoms with Gasteiger partial charge in [-0.15, -0.1) is 10.2 Å². The molecule has 0 bridgehead atoms. The smallest absolute Gasteiger partial charge is 0.251 e. The molecule has 33 heavy (non-hydrogen) atoms. The zero-order valence-electron chi connectivity index (χ0n) is 18.3. The van der Waals surface area contributed by atoms with E-state index in [1.807, 2.05) is 18.4 Å². The normalized spacial score (nSPS) is 11.7. The maximum atomic E-state index is 12.6. The Morgan fingerprint density at radius 3 is 2.55 bits per heavy atom. The molecule has 3 rings (SSSR count). The Morgan fingerprint density at radius 2 is 1.88 bits per heavy atom. The summed E-state index contributed by atoms with van der Waals surface area (Å²) in [6, 6.07) is 11.3.